The molecule has 0 radical (unpaired) electrons. The summed E-state index contributed by atoms with van der Waals surface area (Å²) < 4.78 is 4.54. The van der Waals surface area contributed by atoms with Gasteiger partial charge in [0.25, 0.3) is 0 Å². The van der Waals surface area contributed by atoms with Gasteiger partial charge in [0, 0.05) is 4.90 Å². The molecule has 1 heterocycles. The van der Waals surface area contributed by atoms with Crippen LogP contribution < -0.4 is 4.84 Å². The van der Waals surface area contributed by atoms with E-state index in [0.717, 1.165) is 4.90 Å². The summed E-state index contributed by atoms with van der Waals surface area (Å²) >= 11 is 0. The number of nitrogens with zero attached hydrogens (tertiary/aromatic N) is 1. The van der Waals surface area contributed by atoms with E-state index in [1.54, 1.807) is 0 Å². The fourth-order valence-corrected chi connectivity index (χ4v) is 0.470. The average molecular weight is 133 g/mol. The number of aliphatic hydroxyl groups is 1. The minimum atomic E-state index is -0.314. The maximum atomic E-state index is 8.76. The standard InChI is InChI=1S/C4H7NO4/c1-8-5-4(7)3(2-6)9-5/h6-7H,2H2,1H3. The molecule has 0 aliphatic heterocycles. The zero-order valence-electron chi connectivity index (χ0n) is 4.87. The third-order valence-electron chi connectivity index (χ3n) is 0.925. The molecular formula is C4H7NO4. The van der Waals surface area contributed by atoms with Crippen molar-refractivity contribution < 1.29 is 19.6 Å². The summed E-state index contributed by atoms with van der Waals surface area (Å²) in [6.07, 6.45) is 0. The van der Waals surface area contributed by atoms with E-state index in [0.29, 0.717) is 0 Å². The molecule has 0 spiro atoms. The van der Waals surface area contributed by atoms with Crippen molar-refractivity contribution in [2.45, 2.75) is 6.61 Å². The Morgan fingerprint density at radius 2 is 2.44 bits per heavy atom. The van der Waals surface area contributed by atoms with Crippen LogP contribution in [-0.4, -0.2) is 22.2 Å². The van der Waals surface area contributed by atoms with Gasteiger partial charge in [-0.15, -0.1) is 0 Å². The van der Waals surface area contributed by atoms with Crippen LogP contribution in [0.25, 0.3) is 0 Å². The predicted molar refractivity (Wildman–Crippen MR) is 26.8 cm³/mol. The van der Waals surface area contributed by atoms with Crippen LogP contribution in [0.5, 0.6) is 5.88 Å². The number of hydrogen-bond acceptors (Lipinski definition) is 4. The largest absolute Gasteiger partial charge is 0.488 e. The van der Waals surface area contributed by atoms with Gasteiger partial charge < -0.3 is 19.6 Å². The third-order valence-corrected chi connectivity index (χ3v) is 0.925. The molecule has 0 unspecified atom stereocenters. The molecule has 9 heavy (non-hydrogen) atoms. The van der Waals surface area contributed by atoms with E-state index in [1.165, 1.54) is 7.11 Å². The Hall–Kier alpha value is -1.10. The average Bonchev–Trinajstić information content (AvgIpc) is 1.87. The van der Waals surface area contributed by atoms with E-state index in [2.05, 4.69) is 9.36 Å². The molecule has 2 N–H and O–H groups in total. The highest BCUT2D eigenvalue weighted by atomic mass is 16.8. The van der Waals surface area contributed by atoms with Crippen LogP contribution in [-0.2, 0) is 6.61 Å². The minimum Gasteiger partial charge on any atom is -0.488 e. The van der Waals surface area contributed by atoms with Crippen LogP contribution in [0, 0.1) is 0 Å². The molecule has 0 fully saturated rings. The molecule has 0 aliphatic rings. The van der Waals surface area contributed by atoms with Gasteiger partial charge in [-0.2, -0.15) is 0 Å². The highest BCUT2D eigenvalue weighted by Gasteiger charge is 2.15. The Morgan fingerprint density at radius 1 is 1.78 bits per heavy atom. The fourth-order valence-electron chi connectivity index (χ4n) is 0.470. The van der Waals surface area contributed by atoms with Gasteiger partial charge in [0.05, 0.1) is 0 Å². The van der Waals surface area contributed by atoms with Crippen molar-refractivity contribution in [1.82, 2.24) is 4.90 Å². The molecule has 0 atom stereocenters. The molecule has 5 nitrogen and oxygen atoms in total. The summed E-state index contributed by atoms with van der Waals surface area (Å²) in [5, 5.41) is 17.1. The molecule has 0 bridgehead atoms. The van der Waals surface area contributed by atoms with Gasteiger partial charge in [-0.05, 0) is 0 Å². The van der Waals surface area contributed by atoms with Crippen LogP contribution in [0.3, 0.4) is 0 Å². The lowest BCUT2D eigenvalue weighted by molar-refractivity contribution is -0.0649. The maximum absolute atomic E-state index is 8.76. The maximum Gasteiger partial charge on any atom is 0.307 e. The Bertz CT molecular complexity index is 172. The number of aromatic nitrogens is 1. The molecule has 1 aromatic rings. The van der Waals surface area contributed by atoms with Crippen LogP contribution in [0.1, 0.15) is 5.76 Å². The van der Waals surface area contributed by atoms with Gasteiger partial charge in [-0.1, -0.05) is 0 Å². The second-order valence-electron chi connectivity index (χ2n) is 1.44. The summed E-state index contributed by atoms with van der Waals surface area (Å²) in [5.74, 6) is -0.0585. The van der Waals surface area contributed by atoms with Gasteiger partial charge in [-0.25, -0.2) is 0 Å². The van der Waals surface area contributed by atoms with Gasteiger partial charge >= 0.3 is 5.88 Å². The first kappa shape index (κ1) is 6.03. The summed E-state index contributed by atoms with van der Waals surface area (Å²) in [5.41, 5.74) is 0. The van der Waals surface area contributed by atoms with E-state index in [4.69, 9.17) is 10.2 Å². The van der Waals surface area contributed by atoms with Crippen molar-refractivity contribution in [2.24, 2.45) is 0 Å². The minimum absolute atomic E-state index is 0.122. The molecule has 52 valence electrons. The number of aliphatic hydroxyl groups excluding tert-OH is 1. The number of rotatable bonds is 2. The molecule has 0 amide bonds. The van der Waals surface area contributed by atoms with E-state index in [-0.39, 0.29) is 18.2 Å². The Morgan fingerprint density at radius 3 is 2.78 bits per heavy atom. The predicted octanol–water partition coefficient (Wildman–Crippen LogP) is -0.663. The first-order valence-electron chi connectivity index (χ1n) is 2.34. The van der Waals surface area contributed by atoms with E-state index >= 15 is 0 Å². The van der Waals surface area contributed by atoms with Crippen molar-refractivity contribution in [1.29, 1.82) is 0 Å². The smallest absolute Gasteiger partial charge is 0.307 e. The normalized spacial score (nSPS) is 10.0. The second kappa shape index (κ2) is 2.02. The Kier molecular flexibility index (Phi) is 1.35. The molecular weight excluding hydrogens is 126 g/mol. The van der Waals surface area contributed by atoms with E-state index < -0.39 is 0 Å². The quantitative estimate of drug-likeness (QED) is 0.561. The van der Waals surface area contributed by atoms with Crippen molar-refractivity contribution >= 4 is 0 Å². The summed E-state index contributed by atoms with van der Waals surface area (Å²) in [4.78, 5) is 5.22. The monoisotopic (exact) mass is 133 g/mol. The molecule has 0 saturated heterocycles. The van der Waals surface area contributed by atoms with Crippen LogP contribution in [0.4, 0.5) is 0 Å². The van der Waals surface area contributed by atoms with Crippen molar-refractivity contribution in [3.63, 3.8) is 0 Å². The second-order valence-corrected chi connectivity index (χ2v) is 1.44. The Balaban J connectivity index is 2.69. The highest BCUT2D eigenvalue weighted by Crippen LogP contribution is 2.19. The van der Waals surface area contributed by atoms with Gasteiger partial charge in [-0.3, -0.25) is 0 Å². The van der Waals surface area contributed by atoms with Crippen LogP contribution in [0.15, 0.2) is 4.52 Å². The third kappa shape index (κ3) is 0.746. The number of hydrogen-bond donors (Lipinski definition) is 2. The van der Waals surface area contributed by atoms with Gasteiger partial charge in [0.15, 0.2) is 0 Å². The van der Waals surface area contributed by atoms with Crippen LogP contribution >= 0.6 is 0 Å². The van der Waals surface area contributed by atoms with Crippen LogP contribution in [0.2, 0.25) is 0 Å². The SMILES string of the molecule is COn1oc(CO)c1O. The van der Waals surface area contributed by atoms with E-state index in [9.17, 15) is 0 Å². The topological polar surface area (TPSA) is 67.8 Å². The van der Waals surface area contributed by atoms with E-state index in [1.807, 2.05) is 0 Å². The molecule has 5 heteroatoms. The molecule has 1 aromatic heterocycles. The molecule has 0 aliphatic carbocycles. The Labute approximate surface area is 51.0 Å². The van der Waals surface area contributed by atoms with Crippen molar-refractivity contribution in [2.75, 3.05) is 7.11 Å². The lowest BCUT2D eigenvalue weighted by atomic mass is 10.5. The van der Waals surface area contributed by atoms with Gasteiger partial charge in [0.2, 0.25) is 5.76 Å². The number of aromatic hydroxyl groups is 1. The van der Waals surface area contributed by atoms with Crippen molar-refractivity contribution in [3.05, 3.63) is 5.76 Å². The molecule has 0 aromatic carbocycles. The summed E-state index contributed by atoms with van der Waals surface area (Å²) in [6.45, 7) is -0.314. The van der Waals surface area contributed by atoms with Crippen molar-refractivity contribution in [3.8, 4) is 5.88 Å². The zero-order chi connectivity index (χ0) is 6.85. The molecule has 1 rings (SSSR count). The molecule has 0 saturated carbocycles. The van der Waals surface area contributed by atoms with Gasteiger partial charge in [0.1, 0.15) is 13.7 Å². The first-order chi connectivity index (χ1) is 4.29. The highest BCUT2D eigenvalue weighted by molar-refractivity contribution is 5.11. The first-order valence-corrected chi connectivity index (χ1v) is 2.34. The lowest BCUT2D eigenvalue weighted by Gasteiger charge is -2.11. The zero-order valence-corrected chi connectivity index (χ0v) is 4.87. The summed E-state index contributed by atoms with van der Waals surface area (Å²) in [6, 6.07) is 0. The lowest BCUT2D eigenvalue weighted by Crippen LogP contribution is -2.13. The fraction of sp³-hybridized carbons (Fsp3) is 0.500. The summed E-state index contributed by atoms with van der Waals surface area (Å²) in [7, 11) is 1.34.